The number of nitrogens with zero attached hydrogens (tertiary/aromatic N) is 1. The largest absolute Gasteiger partial charge is 0.391 e. The van der Waals surface area contributed by atoms with Crippen LogP contribution in [0.5, 0.6) is 0 Å². The zero-order valence-electron chi connectivity index (χ0n) is 18.7. The average Bonchev–Trinajstić information content (AvgIpc) is 2.78. The molecule has 1 fully saturated rings. The minimum Gasteiger partial charge on any atom is -0.303 e. The number of halogens is 3. The minimum atomic E-state index is -4.03. The van der Waals surface area contributed by atoms with Crippen LogP contribution < -0.4 is 0 Å². The molecular formula is C27H36F3N. The highest BCUT2D eigenvalue weighted by atomic mass is 19.4. The summed E-state index contributed by atoms with van der Waals surface area (Å²) in [5, 5.41) is 0. The Bertz CT molecular complexity index is 746. The van der Waals surface area contributed by atoms with Crippen molar-refractivity contribution in [3.63, 3.8) is 0 Å². The third kappa shape index (κ3) is 7.68. The first-order chi connectivity index (χ1) is 15.0. The Morgan fingerprint density at radius 1 is 0.774 bits per heavy atom. The van der Waals surface area contributed by atoms with Crippen LogP contribution in [-0.2, 0) is 12.8 Å². The summed E-state index contributed by atoms with van der Waals surface area (Å²) in [6.07, 6.45) is 2.25. The number of rotatable bonds is 10. The summed E-state index contributed by atoms with van der Waals surface area (Å²) >= 11 is 0. The minimum absolute atomic E-state index is 0.270. The van der Waals surface area contributed by atoms with E-state index in [9.17, 15) is 13.2 Å². The molecule has 2 aromatic carbocycles. The first-order valence-corrected chi connectivity index (χ1v) is 11.9. The van der Waals surface area contributed by atoms with E-state index in [-0.39, 0.29) is 18.8 Å². The normalized spacial score (nSPS) is 19.6. The molecule has 4 heteroatoms. The summed E-state index contributed by atoms with van der Waals surface area (Å²) in [6.45, 7) is 5.56. The lowest BCUT2D eigenvalue weighted by atomic mass is 9.78. The molecule has 0 heterocycles. The van der Waals surface area contributed by atoms with Crippen LogP contribution in [0.1, 0.15) is 68.1 Å². The molecule has 0 radical (unpaired) electrons. The molecule has 0 atom stereocenters. The highest BCUT2D eigenvalue weighted by molar-refractivity contribution is 5.26. The van der Waals surface area contributed by atoms with Gasteiger partial charge in [-0.05, 0) is 87.1 Å². The second kappa shape index (κ2) is 11.7. The van der Waals surface area contributed by atoms with Gasteiger partial charge in [-0.15, -0.1) is 0 Å². The van der Waals surface area contributed by atoms with Crippen molar-refractivity contribution in [1.29, 1.82) is 0 Å². The molecule has 31 heavy (non-hydrogen) atoms. The second-order valence-corrected chi connectivity index (χ2v) is 9.01. The van der Waals surface area contributed by atoms with Crippen molar-refractivity contribution in [2.45, 2.75) is 70.4 Å². The molecule has 0 amide bonds. The number of alkyl halides is 3. The van der Waals surface area contributed by atoms with Crippen molar-refractivity contribution in [2.75, 3.05) is 19.6 Å². The van der Waals surface area contributed by atoms with E-state index in [0.717, 1.165) is 38.9 Å². The summed E-state index contributed by atoms with van der Waals surface area (Å²) in [6, 6.07) is 19.3. The van der Waals surface area contributed by atoms with E-state index >= 15 is 0 Å². The van der Waals surface area contributed by atoms with E-state index in [1.54, 1.807) is 0 Å². The topological polar surface area (TPSA) is 3.24 Å². The zero-order valence-corrected chi connectivity index (χ0v) is 18.7. The van der Waals surface area contributed by atoms with Crippen LogP contribution >= 0.6 is 0 Å². The molecular weight excluding hydrogens is 395 g/mol. The average molecular weight is 432 g/mol. The Hall–Kier alpha value is -1.81. The van der Waals surface area contributed by atoms with Gasteiger partial charge in [0.05, 0.1) is 5.92 Å². The molecule has 2 aromatic rings. The van der Waals surface area contributed by atoms with E-state index in [4.69, 9.17) is 0 Å². The molecule has 1 saturated carbocycles. The van der Waals surface area contributed by atoms with Crippen molar-refractivity contribution in [3.05, 3.63) is 71.3 Å². The second-order valence-electron chi connectivity index (χ2n) is 9.01. The van der Waals surface area contributed by atoms with E-state index in [1.165, 1.54) is 23.1 Å². The van der Waals surface area contributed by atoms with Crippen molar-refractivity contribution < 1.29 is 13.2 Å². The maximum absolute atomic E-state index is 12.9. The summed E-state index contributed by atoms with van der Waals surface area (Å²) in [5.41, 5.74) is 3.93. The fourth-order valence-corrected chi connectivity index (χ4v) is 4.80. The Morgan fingerprint density at radius 3 is 2.03 bits per heavy atom. The summed E-state index contributed by atoms with van der Waals surface area (Å²) in [5.74, 6) is -0.818. The number of hydrogen-bond donors (Lipinski definition) is 0. The van der Waals surface area contributed by atoms with E-state index in [0.29, 0.717) is 12.8 Å². The van der Waals surface area contributed by atoms with Gasteiger partial charge in [0, 0.05) is 6.54 Å². The fraction of sp³-hybridized carbons (Fsp3) is 0.556. The Kier molecular flexibility index (Phi) is 9.01. The molecule has 0 spiro atoms. The lowest BCUT2D eigenvalue weighted by Gasteiger charge is -2.30. The number of benzene rings is 2. The van der Waals surface area contributed by atoms with E-state index in [1.807, 2.05) is 0 Å². The van der Waals surface area contributed by atoms with Gasteiger partial charge in [-0.25, -0.2) is 0 Å². The van der Waals surface area contributed by atoms with Gasteiger partial charge in [0.2, 0.25) is 0 Å². The van der Waals surface area contributed by atoms with Crippen molar-refractivity contribution in [1.82, 2.24) is 4.90 Å². The van der Waals surface area contributed by atoms with Crippen LogP contribution in [0.3, 0.4) is 0 Å². The molecule has 3 rings (SSSR count). The molecule has 0 aromatic heterocycles. The van der Waals surface area contributed by atoms with Crippen LogP contribution in [0.2, 0.25) is 0 Å². The summed E-state index contributed by atoms with van der Waals surface area (Å²) in [4.78, 5) is 2.56. The molecule has 0 bridgehead atoms. The molecule has 1 aliphatic rings. The molecule has 1 aliphatic carbocycles. The molecule has 0 aliphatic heterocycles. The third-order valence-corrected chi connectivity index (χ3v) is 6.68. The van der Waals surface area contributed by atoms with Gasteiger partial charge in [-0.2, -0.15) is 13.2 Å². The monoisotopic (exact) mass is 431 g/mol. The first kappa shape index (κ1) is 23.8. The number of hydrogen-bond acceptors (Lipinski definition) is 1. The van der Waals surface area contributed by atoms with Crippen molar-refractivity contribution in [3.8, 4) is 0 Å². The summed E-state index contributed by atoms with van der Waals surface area (Å²) < 4.78 is 38.6. The highest BCUT2D eigenvalue weighted by Gasteiger charge is 2.41. The smallest absolute Gasteiger partial charge is 0.303 e. The van der Waals surface area contributed by atoms with Gasteiger partial charge in [0.15, 0.2) is 0 Å². The van der Waals surface area contributed by atoms with Crippen LogP contribution in [0.4, 0.5) is 13.2 Å². The van der Waals surface area contributed by atoms with Gasteiger partial charge in [0.1, 0.15) is 0 Å². The lowest BCUT2D eigenvalue weighted by Crippen LogP contribution is -2.28. The lowest BCUT2D eigenvalue weighted by molar-refractivity contribution is -0.182. The quantitative estimate of drug-likeness (QED) is 0.378. The zero-order chi connectivity index (χ0) is 22.1. The van der Waals surface area contributed by atoms with Crippen molar-refractivity contribution >= 4 is 0 Å². The maximum Gasteiger partial charge on any atom is 0.391 e. The maximum atomic E-state index is 12.9. The van der Waals surface area contributed by atoms with Gasteiger partial charge >= 0.3 is 6.18 Å². The number of aryl methyl sites for hydroxylation is 1. The Balaban J connectivity index is 1.42. The van der Waals surface area contributed by atoms with Gasteiger partial charge in [-0.1, -0.05) is 61.5 Å². The molecule has 0 saturated heterocycles. The first-order valence-electron chi connectivity index (χ1n) is 11.9. The van der Waals surface area contributed by atoms with Crippen LogP contribution in [0, 0.1) is 5.92 Å². The van der Waals surface area contributed by atoms with Crippen LogP contribution in [0.15, 0.2) is 54.6 Å². The van der Waals surface area contributed by atoms with Crippen molar-refractivity contribution in [2.24, 2.45) is 5.92 Å². The van der Waals surface area contributed by atoms with Gasteiger partial charge in [0.25, 0.3) is 0 Å². The Labute approximate surface area is 185 Å². The van der Waals surface area contributed by atoms with E-state index in [2.05, 4.69) is 66.4 Å². The SMILES string of the molecule is CCCN(CCCc1ccc(C2CCC(C(F)(F)F)CC2)cc1)CCc1ccccc1. The highest BCUT2D eigenvalue weighted by Crippen LogP contribution is 2.42. The van der Waals surface area contributed by atoms with Crippen LogP contribution in [0.25, 0.3) is 0 Å². The summed E-state index contributed by atoms with van der Waals surface area (Å²) in [7, 11) is 0. The third-order valence-electron chi connectivity index (χ3n) is 6.68. The standard InChI is InChI=1S/C27H36F3N/c1-2-19-31(21-18-22-7-4-3-5-8-22)20-6-9-23-10-12-24(13-11-23)25-14-16-26(17-15-25)27(28,29)30/h3-5,7-8,10-13,25-26H,2,6,9,14-21H2,1H3. The fourth-order valence-electron chi connectivity index (χ4n) is 4.80. The molecule has 1 nitrogen and oxygen atoms in total. The molecule has 0 N–H and O–H groups in total. The Morgan fingerprint density at radius 2 is 1.42 bits per heavy atom. The van der Waals surface area contributed by atoms with E-state index < -0.39 is 12.1 Å². The molecule has 170 valence electrons. The molecule has 0 unspecified atom stereocenters. The predicted molar refractivity (Wildman–Crippen MR) is 122 cm³/mol. The van der Waals surface area contributed by atoms with Gasteiger partial charge in [-0.3, -0.25) is 0 Å². The van der Waals surface area contributed by atoms with Crippen LogP contribution in [-0.4, -0.2) is 30.7 Å². The predicted octanol–water partition coefficient (Wildman–Crippen LogP) is 7.41. The van der Waals surface area contributed by atoms with Gasteiger partial charge < -0.3 is 4.90 Å².